The highest BCUT2D eigenvalue weighted by atomic mass is 16.4. The van der Waals surface area contributed by atoms with Crippen LogP contribution in [0.1, 0.15) is 12.6 Å². The number of carbonyl (C=O) groups excluding carboxylic acids is 3. The van der Waals surface area contributed by atoms with Gasteiger partial charge in [-0.25, -0.2) is 9.78 Å². The molecule has 0 aliphatic carbocycles. The monoisotopic (exact) mass is 370 g/mol. The van der Waals surface area contributed by atoms with E-state index in [0.717, 1.165) is 0 Å². The number of nitrogens with two attached hydrogens (primary N) is 1. The van der Waals surface area contributed by atoms with E-state index in [1.807, 2.05) is 0 Å². The van der Waals surface area contributed by atoms with E-state index in [0.29, 0.717) is 5.69 Å². The Hall–Kier alpha value is -2.99. The summed E-state index contributed by atoms with van der Waals surface area (Å²) < 4.78 is 0. The van der Waals surface area contributed by atoms with Crippen LogP contribution in [0.25, 0.3) is 0 Å². The number of carbonyl (C=O) groups is 4. The largest absolute Gasteiger partial charge is 0.480 e. The Labute approximate surface area is 148 Å². The Balaban J connectivity index is 2.74. The molecule has 0 aliphatic rings. The molecular weight excluding hydrogens is 348 g/mol. The summed E-state index contributed by atoms with van der Waals surface area (Å²) in [4.78, 5) is 53.1. The van der Waals surface area contributed by atoms with Crippen LogP contribution >= 0.6 is 0 Å². The molecule has 1 rings (SSSR count). The van der Waals surface area contributed by atoms with E-state index in [4.69, 9.17) is 15.9 Å². The second-order valence-electron chi connectivity index (χ2n) is 5.49. The van der Waals surface area contributed by atoms with Crippen molar-refractivity contribution in [2.24, 2.45) is 5.73 Å². The number of amides is 3. The third kappa shape index (κ3) is 6.86. The number of aliphatic carboxylic acids is 1. The number of aliphatic hydroxyl groups excluding tert-OH is 1. The van der Waals surface area contributed by atoms with E-state index in [1.54, 1.807) is 0 Å². The van der Waals surface area contributed by atoms with Crippen molar-refractivity contribution in [2.75, 3.05) is 13.2 Å². The van der Waals surface area contributed by atoms with Gasteiger partial charge in [0.25, 0.3) is 0 Å². The number of nitrogens with one attached hydrogen (secondary N) is 4. The number of rotatable bonds is 10. The van der Waals surface area contributed by atoms with Gasteiger partial charge in [0.2, 0.25) is 17.7 Å². The van der Waals surface area contributed by atoms with E-state index in [9.17, 15) is 19.2 Å². The first kappa shape index (κ1) is 21.1. The molecule has 0 bridgehead atoms. The summed E-state index contributed by atoms with van der Waals surface area (Å²) in [5.74, 6) is -3.44. The zero-order valence-corrected chi connectivity index (χ0v) is 14.1. The molecule has 0 saturated carbocycles. The molecular formula is C14H22N6O6. The van der Waals surface area contributed by atoms with E-state index >= 15 is 0 Å². The third-order valence-corrected chi connectivity index (χ3v) is 3.26. The van der Waals surface area contributed by atoms with Crippen LogP contribution in [-0.4, -0.2) is 75.1 Å². The van der Waals surface area contributed by atoms with Gasteiger partial charge in [-0.15, -0.1) is 0 Å². The summed E-state index contributed by atoms with van der Waals surface area (Å²) in [7, 11) is 0. The van der Waals surface area contributed by atoms with Gasteiger partial charge < -0.3 is 36.9 Å². The first-order valence-corrected chi connectivity index (χ1v) is 7.68. The first-order valence-electron chi connectivity index (χ1n) is 7.68. The van der Waals surface area contributed by atoms with Crippen LogP contribution in [0.3, 0.4) is 0 Å². The Morgan fingerprint density at radius 2 is 1.92 bits per heavy atom. The summed E-state index contributed by atoms with van der Waals surface area (Å²) in [6.45, 7) is 0.231. The van der Waals surface area contributed by atoms with Crippen LogP contribution in [0, 0.1) is 0 Å². The van der Waals surface area contributed by atoms with Gasteiger partial charge >= 0.3 is 5.97 Å². The molecule has 0 fully saturated rings. The van der Waals surface area contributed by atoms with Crippen molar-refractivity contribution in [3.05, 3.63) is 18.2 Å². The molecule has 144 valence electrons. The van der Waals surface area contributed by atoms with Gasteiger partial charge in [-0.3, -0.25) is 14.4 Å². The van der Waals surface area contributed by atoms with Crippen LogP contribution in [0.5, 0.6) is 0 Å². The molecule has 3 atom stereocenters. The molecule has 3 unspecified atom stereocenters. The molecule has 0 aliphatic heterocycles. The van der Waals surface area contributed by atoms with Crippen molar-refractivity contribution < 1.29 is 29.4 Å². The van der Waals surface area contributed by atoms with E-state index in [1.165, 1.54) is 19.4 Å². The summed E-state index contributed by atoms with van der Waals surface area (Å²) in [5, 5.41) is 24.7. The standard InChI is InChI=1S/C14H22N6O6/c1-7(15)12(23)17-4-11(22)19-9(2-8-3-16-6-18-8)13(24)20-10(5-21)14(25)26/h3,6-7,9-10,21H,2,4-5,15H2,1H3,(H,16,18)(H,17,23)(H,19,22)(H,20,24)(H,25,26). The predicted octanol–water partition coefficient (Wildman–Crippen LogP) is -3.54. The van der Waals surface area contributed by atoms with Crippen molar-refractivity contribution in [3.63, 3.8) is 0 Å². The minimum absolute atomic E-state index is 0.00339. The molecule has 0 aromatic carbocycles. The number of aromatic nitrogens is 2. The molecule has 3 amide bonds. The van der Waals surface area contributed by atoms with Gasteiger partial charge in [0, 0.05) is 18.3 Å². The fourth-order valence-corrected chi connectivity index (χ4v) is 1.86. The fraction of sp³-hybridized carbons (Fsp3) is 0.500. The smallest absolute Gasteiger partial charge is 0.328 e. The molecule has 1 aromatic rings. The lowest BCUT2D eigenvalue weighted by molar-refractivity contribution is -0.143. The number of aliphatic hydroxyl groups is 1. The van der Waals surface area contributed by atoms with Crippen molar-refractivity contribution in [2.45, 2.75) is 31.5 Å². The number of hydrogen-bond donors (Lipinski definition) is 7. The molecule has 26 heavy (non-hydrogen) atoms. The highest BCUT2D eigenvalue weighted by Gasteiger charge is 2.26. The summed E-state index contributed by atoms with van der Waals surface area (Å²) in [6.07, 6.45) is 2.81. The van der Waals surface area contributed by atoms with Gasteiger partial charge in [-0.2, -0.15) is 0 Å². The number of nitrogens with zero attached hydrogens (tertiary/aromatic N) is 1. The maximum absolute atomic E-state index is 12.3. The maximum Gasteiger partial charge on any atom is 0.328 e. The van der Waals surface area contributed by atoms with Gasteiger partial charge in [0.15, 0.2) is 0 Å². The Morgan fingerprint density at radius 1 is 1.23 bits per heavy atom. The molecule has 1 heterocycles. The van der Waals surface area contributed by atoms with Crippen molar-refractivity contribution >= 4 is 23.7 Å². The highest BCUT2D eigenvalue weighted by Crippen LogP contribution is 2.00. The van der Waals surface area contributed by atoms with Gasteiger partial charge in [-0.1, -0.05) is 0 Å². The zero-order chi connectivity index (χ0) is 19.7. The number of imidazole rings is 1. The molecule has 0 spiro atoms. The lowest BCUT2D eigenvalue weighted by atomic mass is 10.1. The molecule has 12 heteroatoms. The minimum atomic E-state index is -1.51. The van der Waals surface area contributed by atoms with Crippen LogP contribution < -0.4 is 21.7 Å². The Kier molecular flexibility index (Phi) is 8.18. The van der Waals surface area contributed by atoms with E-state index in [2.05, 4.69) is 25.9 Å². The van der Waals surface area contributed by atoms with E-state index in [-0.39, 0.29) is 6.42 Å². The fourth-order valence-electron chi connectivity index (χ4n) is 1.86. The van der Waals surface area contributed by atoms with Gasteiger partial charge in [0.1, 0.15) is 12.1 Å². The number of aromatic amines is 1. The first-order chi connectivity index (χ1) is 12.2. The second-order valence-corrected chi connectivity index (χ2v) is 5.49. The van der Waals surface area contributed by atoms with Crippen LogP contribution in [-0.2, 0) is 25.6 Å². The third-order valence-electron chi connectivity index (χ3n) is 3.26. The number of carboxylic acid groups (broad SMARTS) is 1. The average Bonchev–Trinajstić information content (AvgIpc) is 3.09. The highest BCUT2D eigenvalue weighted by molar-refractivity contribution is 5.92. The minimum Gasteiger partial charge on any atom is -0.480 e. The summed E-state index contributed by atoms with van der Waals surface area (Å²) >= 11 is 0. The quantitative estimate of drug-likeness (QED) is 0.219. The normalized spacial score (nSPS) is 14.0. The summed E-state index contributed by atoms with van der Waals surface area (Å²) in [6, 6.07) is -3.46. The van der Waals surface area contributed by atoms with E-state index < -0.39 is 55.0 Å². The number of H-pyrrole nitrogens is 1. The van der Waals surface area contributed by atoms with Crippen molar-refractivity contribution in [1.82, 2.24) is 25.9 Å². The molecule has 8 N–H and O–H groups in total. The van der Waals surface area contributed by atoms with Gasteiger partial charge in [-0.05, 0) is 6.92 Å². The number of hydrogen-bond acceptors (Lipinski definition) is 7. The Bertz CT molecular complexity index is 632. The lowest BCUT2D eigenvalue weighted by Crippen LogP contribution is -2.55. The topological polar surface area (TPSA) is 200 Å². The zero-order valence-electron chi connectivity index (χ0n) is 14.1. The van der Waals surface area contributed by atoms with Crippen molar-refractivity contribution in [1.29, 1.82) is 0 Å². The molecule has 0 radical (unpaired) electrons. The van der Waals surface area contributed by atoms with Crippen LogP contribution in [0.15, 0.2) is 12.5 Å². The maximum atomic E-state index is 12.3. The molecule has 12 nitrogen and oxygen atoms in total. The predicted molar refractivity (Wildman–Crippen MR) is 87.5 cm³/mol. The second kappa shape index (κ2) is 10.1. The van der Waals surface area contributed by atoms with Crippen LogP contribution in [0.2, 0.25) is 0 Å². The Morgan fingerprint density at radius 3 is 2.42 bits per heavy atom. The molecule has 0 saturated heterocycles. The average molecular weight is 370 g/mol. The molecule has 1 aromatic heterocycles. The van der Waals surface area contributed by atoms with Crippen LogP contribution in [0.4, 0.5) is 0 Å². The van der Waals surface area contributed by atoms with Gasteiger partial charge in [0.05, 0.1) is 25.5 Å². The number of carboxylic acids is 1. The SMILES string of the molecule is CC(N)C(=O)NCC(=O)NC(Cc1cnc[nH]1)C(=O)NC(CO)C(=O)O. The lowest BCUT2D eigenvalue weighted by Gasteiger charge is -2.20. The summed E-state index contributed by atoms with van der Waals surface area (Å²) in [5.41, 5.74) is 5.88. The van der Waals surface area contributed by atoms with Crippen molar-refractivity contribution in [3.8, 4) is 0 Å².